The van der Waals surface area contributed by atoms with Crippen LogP contribution in [-0.4, -0.2) is 62.7 Å². The molecule has 1 aromatic carbocycles. The van der Waals surface area contributed by atoms with Crippen LogP contribution in [0.4, 0.5) is 0 Å². The summed E-state index contributed by atoms with van der Waals surface area (Å²) in [6, 6.07) is 8.39. The number of nitrogens with zero attached hydrogens (tertiary/aromatic N) is 2. The van der Waals surface area contributed by atoms with Gasteiger partial charge in [-0.15, -0.1) is 0 Å². The highest BCUT2D eigenvalue weighted by atomic mass is 16.5. The summed E-state index contributed by atoms with van der Waals surface area (Å²) < 4.78 is 19.3. The van der Waals surface area contributed by atoms with Crippen LogP contribution in [0.25, 0.3) is 0 Å². The zero-order chi connectivity index (χ0) is 36.5. The third kappa shape index (κ3) is 25.4. The summed E-state index contributed by atoms with van der Waals surface area (Å²) in [4.78, 5) is 4.84. The smallest absolute Gasteiger partial charge is 0.152 e. The average Bonchev–Trinajstić information content (AvgIpc) is 3.15. The van der Waals surface area contributed by atoms with Gasteiger partial charge >= 0.3 is 0 Å². The van der Waals surface area contributed by atoms with Crippen LogP contribution >= 0.6 is 0 Å². The summed E-state index contributed by atoms with van der Waals surface area (Å²) in [6.45, 7) is 8.35. The van der Waals surface area contributed by atoms with Crippen LogP contribution in [0.1, 0.15) is 206 Å². The van der Waals surface area contributed by atoms with E-state index in [1.165, 1.54) is 167 Å². The Hall–Kier alpha value is -1.30. The van der Waals surface area contributed by atoms with Gasteiger partial charge in [0.1, 0.15) is 11.5 Å². The summed E-state index contributed by atoms with van der Waals surface area (Å²) in [6.07, 6.45) is 40.3. The van der Waals surface area contributed by atoms with Crippen molar-refractivity contribution in [1.29, 1.82) is 0 Å². The Balaban J connectivity index is 1.65. The molecular weight excluding hydrogens is 629 g/mol. The first-order chi connectivity index (χ1) is 25.1. The summed E-state index contributed by atoms with van der Waals surface area (Å²) in [5, 5.41) is 0. The Morgan fingerprint density at radius 2 is 0.706 bits per heavy atom. The average molecular weight is 715 g/mol. The second-order valence-electron chi connectivity index (χ2n) is 16.0. The standard InChI is InChI=1S/C46H86N2O3/c1-5-7-9-11-13-15-17-19-21-23-25-27-29-39-47(3)45-33-31-41-49-42-32-34-46(51-44-37-35-43(50-45)36-38-44)48(4)40-30-28-26-24-22-20-18-16-14-12-10-8-6-2/h35-38,45-46H,5-34,39-42H2,1-4H3. The van der Waals surface area contributed by atoms with E-state index < -0.39 is 0 Å². The van der Waals surface area contributed by atoms with Gasteiger partial charge in [-0.25, -0.2) is 0 Å². The number of unbranched alkanes of at least 4 members (excludes halogenated alkanes) is 24. The fourth-order valence-electron chi connectivity index (χ4n) is 7.52. The number of benzene rings is 1. The fourth-order valence-corrected chi connectivity index (χ4v) is 7.52. The number of hydrogen-bond acceptors (Lipinski definition) is 5. The van der Waals surface area contributed by atoms with Gasteiger partial charge in [-0.2, -0.15) is 0 Å². The minimum atomic E-state index is 0.0713. The largest absolute Gasteiger partial charge is 0.475 e. The molecule has 2 atom stereocenters. The van der Waals surface area contributed by atoms with Gasteiger partial charge in [0.15, 0.2) is 12.5 Å². The predicted molar refractivity (Wildman–Crippen MR) is 221 cm³/mol. The lowest BCUT2D eigenvalue weighted by Gasteiger charge is -2.29. The summed E-state index contributed by atoms with van der Waals surface area (Å²) >= 11 is 0. The van der Waals surface area contributed by atoms with Crippen LogP contribution in [0.3, 0.4) is 0 Å². The Morgan fingerprint density at radius 1 is 0.431 bits per heavy atom. The second kappa shape index (κ2) is 33.3. The highest BCUT2D eigenvalue weighted by molar-refractivity contribution is 5.31. The first-order valence-corrected chi connectivity index (χ1v) is 22.6. The zero-order valence-electron chi connectivity index (χ0n) is 34.6. The lowest BCUT2D eigenvalue weighted by molar-refractivity contribution is 0.0199. The number of hydrogen-bond donors (Lipinski definition) is 0. The molecule has 2 unspecified atom stereocenters. The summed E-state index contributed by atoms with van der Waals surface area (Å²) in [5.41, 5.74) is 0. The molecule has 298 valence electrons. The monoisotopic (exact) mass is 715 g/mol. The molecule has 0 fully saturated rings. The number of rotatable bonds is 30. The summed E-state index contributed by atoms with van der Waals surface area (Å²) in [5.74, 6) is 1.86. The fraction of sp³-hybridized carbons (Fsp3) is 0.870. The van der Waals surface area contributed by atoms with E-state index >= 15 is 0 Å². The van der Waals surface area contributed by atoms with Crippen LogP contribution < -0.4 is 9.47 Å². The molecule has 1 aromatic rings. The van der Waals surface area contributed by atoms with E-state index in [4.69, 9.17) is 14.2 Å². The molecule has 5 nitrogen and oxygen atoms in total. The lowest BCUT2D eigenvalue weighted by atomic mass is 10.0. The molecule has 0 aliphatic carbocycles. The minimum absolute atomic E-state index is 0.0713. The van der Waals surface area contributed by atoms with Gasteiger partial charge in [0.2, 0.25) is 0 Å². The van der Waals surface area contributed by atoms with Gasteiger partial charge in [0.05, 0.1) is 0 Å². The van der Waals surface area contributed by atoms with Crippen molar-refractivity contribution >= 4 is 0 Å². The molecule has 0 spiro atoms. The van der Waals surface area contributed by atoms with Gasteiger partial charge in [-0.1, -0.05) is 168 Å². The van der Waals surface area contributed by atoms with E-state index in [0.717, 1.165) is 63.5 Å². The molecule has 0 saturated heterocycles. The van der Waals surface area contributed by atoms with Crippen molar-refractivity contribution in [2.45, 2.75) is 219 Å². The van der Waals surface area contributed by atoms with Crippen molar-refractivity contribution in [2.75, 3.05) is 40.4 Å². The topological polar surface area (TPSA) is 34.2 Å². The molecule has 0 aromatic heterocycles. The van der Waals surface area contributed by atoms with Crippen molar-refractivity contribution in [3.8, 4) is 11.5 Å². The van der Waals surface area contributed by atoms with Crippen molar-refractivity contribution in [3.63, 3.8) is 0 Å². The van der Waals surface area contributed by atoms with Crippen molar-refractivity contribution < 1.29 is 14.2 Å². The van der Waals surface area contributed by atoms with Crippen LogP contribution in [0, 0.1) is 0 Å². The van der Waals surface area contributed by atoms with Crippen LogP contribution in [0.15, 0.2) is 24.3 Å². The highest BCUT2D eigenvalue weighted by Crippen LogP contribution is 2.24. The van der Waals surface area contributed by atoms with E-state index in [0.29, 0.717) is 0 Å². The molecular formula is C46H86N2O3. The molecule has 0 amide bonds. The van der Waals surface area contributed by atoms with Crippen LogP contribution in [-0.2, 0) is 4.74 Å². The molecule has 0 N–H and O–H groups in total. The zero-order valence-corrected chi connectivity index (χ0v) is 34.6. The van der Waals surface area contributed by atoms with Gasteiger partial charge in [-0.3, -0.25) is 9.80 Å². The number of fused-ring (bicyclic) bond motifs is 12. The first-order valence-electron chi connectivity index (χ1n) is 22.6. The lowest BCUT2D eigenvalue weighted by Crippen LogP contribution is -2.37. The Bertz CT molecular complexity index is 796. The number of ether oxygens (including phenoxy) is 3. The van der Waals surface area contributed by atoms with Gasteiger partial charge in [-0.05, 0) is 64.0 Å². The van der Waals surface area contributed by atoms with Gasteiger partial charge < -0.3 is 14.2 Å². The van der Waals surface area contributed by atoms with E-state index in [9.17, 15) is 0 Å². The van der Waals surface area contributed by atoms with Crippen LogP contribution in [0.2, 0.25) is 0 Å². The van der Waals surface area contributed by atoms with E-state index in [1.807, 2.05) is 0 Å². The molecule has 51 heavy (non-hydrogen) atoms. The Kier molecular flexibility index (Phi) is 29.9. The normalized spacial score (nSPS) is 17.4. The first kappa shape index (κ1) is 45.9. The van der Waals surface area contributed by atoms with Crippen molar-refractivity contribution in [3.05, 3.63) is 24.3 Å². The second-order valence-corrected chi connectivity index (χ2v) is 16.0. The quantitative estimate of drug-likeness (QED) is 0.0741. The molecule has 2 aliphatic heterocycles. The summed E-state index contributed by atoms with van der Waals surface area (Å²) in [7, 11) is 4.46. The Morgan fingerprint density at radius 3 is 1.00 bits per heavy atom. The molecule has 2 heterocycles. The van der Waals surface area contributed by atoms with Crippen LogP contribution in [0.5, 0.6) is 11.5 Å². The van der Waals surface area contributed by atoms with Gasteiger partial charge in [0, 0.05) is 39.1 Å². The molecule has 0 saturated carbocycles. The Labute approximate surface area is 318 Å². The highest BCUT2D eigenvalue weighted by Gasteiger charge is 2.19. The molecule has 5 heteroatoms. The maximum atomic E-state index is 6.58. The van der Waals surface area contributed by atoms with Crippen molar-refractivity contribution in [1.82, 2.24) is 9.80 Å². The predicted octanol–water partition coefficient (Wildman–Crippen LogP) is 13.7. The van der Waals surface area contributed by atoms with E-state index in [2.05, 4.69) is 62.0 Å². The van der Waals surface area contributed by atoms with E-state index in [1.54, 1.807) is 0 Å². The third-order valence-corrected chi connectivity index (χ3v) is 11.1. The van der Waals surface area contributed by atoms with E-state index in [-0.39, 0.29) is 12.5 Å². The molecule has 3 rings (SSSR count). The maximum Gasteiger partial charge on any atom is 0.152 e. The van der Waals surface area contributed by atoms with Crippen molar-refractivity contribution in [2.24, 2.45) is 0 Å². The molecule has 2 aliphatic rings. The van der Waals surface area contributed by atoms with Gasteiger partial charge in [0.25, 0.3) is 0 Å². The molecule has 2 bridgehead atoms. The SMILES string of the molecule is CCCCCCCCCCCCCCCN(C)C1CCCOCCCC(N(C)CCCCCCCCCCCCCCC)Oc2ccc(cc2)O1. The molecule has 0 radical (unpaired) electrons. The minimum Gasteiger partial charge on any atom is -0.475 e. The third-order valence-electron chi connectivity index (χ3n) is 11.1. The maximum absolute atomic E-state index is 6.58.